The third-order valence-corrected chi connectivity index (χ3v) is 4.08. The number of ether oxygens (including phenoxy) is 3. The summed E-state index contributed by atoms with van der Waals surface area (Å²) in [6.45, 7) is 8.47. The second-order valence-electron chi connectivity index (χ2n) is 7.58. The lowest BCUT2D eigenvalue weighted by Crippen LogP contribution is -2.29. The molecular weight excluding hydrogens is 367 g/mol. The Morgan fingerprint density at radius 2 is 1.52 bits per heavy atom. The highest BCUT2D eigenvalue weighted by Crippen LogP contribution is 2.34. The molecule has 0 spiro atoms. The molecule has 0 bridgehead atoms. The van der Waals surface area contributed by atoms with Gasteiger partial charge in [-0.25, -0.2) is 0 Å². The number of hydrogen-bond donors (Lipinski definition) is 0. The molecule has 0 aromatic heterocycles. The Morgan fingerprint density at radius 3 is 1.89 bits per heavy atom. The van der Waals surface area contributed by atoms with Crippen molar-refractivity contribution in [2.75, 3.05) is 21.3 Å². The van der Waals surface area contributed by atoms with Gasteiger partial charge in [0.05, 0.1) is 21.3 Å². The Kier molecular flexibility index (Phi) is 10.9. The molecule has 3 unspecified atom stereocenters. The maximum absolute atomic E-state index is 13.1. The number of esters is 1. The number of ketones is 1. The van der Waals surface area contributed by atoms with Crippen LogP contribution in [0.1, 0.15) is 50.9 Å². The molecule has 1 rings (SSSR count). The van der Waals surface area contributed by atoms with Crippen molar-refractivity contribution in [3.63, 3.8) is 0 Å². The highest BCUT2D eigenvalue weighted by Gasteiger charge is 2.34. The highest BCUT2D eigenvalue weighted by molar-refractivity contribution is 7.00. The molecule has 152 valence electrons. The largest absolute Gasteiger partial charge is 0.496 e. The normalized spacial score (nSPS) is 12.9. The molecule has 27 heavy (non-hydrogen) atoms. The summed E-state index contributed by atoms with van der Waals surface area (Å²) >= 11 is 0. The second kappa shape index (κ2) is 11.7. The van der Waals surface area contributed by atoms with Gasteiger partial charge in [0, 0.05) is 0 Å². The van der Waals surface area contributed by atoms with Gasteiger partial charge in [0.2, 0.25) is 0 Å². The minimum atomic E-state index is -0.882. The van der Waals surface area contributed by atoms with E-state index in [0.717, 1.165) is 6.42 Å². The second-order valence-corrected chi connectivity index (χ2v) is 7.58. The third-order valence-electron chi connectivity index (χ3n) is 4.08. The van der Waals surface area contributed by atoms with Gasteiger partial charge in [0.15, 0.2) is 5.78 Å². The van der Waals surface area contributed by atoms with Crippen LogP contribution in [0.15, 0.2) is 18.2 Å². The summed E-state index contributed by atoms with van der Waals surface area (Å²) in [5.74, 6) is -0.773. The van der Waals surface area contributed by atoms with Gasteiger partial charge >= 0.3 is 15.1 Å². The van der Waals surface area contributed by atoms with Crippen LogP contribution in [0.2, 0.25) is 0 Å². The van der Waals surface area contributed by atoms with Crippen molar-refractivity contribution in [1.29, 1.82) is 0 Å². The first-order valence-electron chi connectivity index (χ1n) is 8.71. The Balaban J connectivity index is 0.00000326. The SMILES string of the molecule is COC(=O)C(CC(C)CC(C)(C)C)C(=O)c1c(OC)cccc1OC.O=[PH2+]. The van der Waals surface area contributed by atoms with Gasteiger partial charge in [-0.3, -0.25) is 9.59 Å². The molecule has 1 aromatic rings. The first-order valence-corrected chi connectivity index (χ1v) is 9.18. The van der Waals surface area contributed by atoms with Gasteiger partial charge in [0.1, 0.15) is 23.0 Å². The van der Waals surface area contributed by atoms with Gasteiger partial charge in [-0.2, -0.15) is 0 Å². The molecule has 6 nitrogen and oxygen atoms in total. The van der Waals surface area contributed by atoms with Gasteiger partial charge in [-0.1, -0.05) is 38.3 Å². The Hall–Kier alpha value is -1.94. The molecule has 0 fully saturated rings. The standard InChI is InChI=1S/C20H30O5.H2OP/c1-13(12-20(2,3)4)11-14(19(22)25-7)18(21)17-15(23-5)9-8-10-16(17)24-6;1-2/h8-10,13-14H,11-12H2,1-7H3;2H2/q;+1. The molecule has 0 amide bonds. The quantitative estimate of drug-likeness (QED) is 0.280. The summed E-state index contributed by atoms with van der Waals surface area (Å²) in [4.78, 5) is 25.4. The van der Waals surface area contributed by atoms with Crippen molar-refractivity contribution in [2.45, 2.75) is 40.5 Å². The van der Waals surface area contributed by atoms with E-state index in [1.165, 1.54) is 30.4 Å². The fraction of sp³-hybridized carbons (Fsp3) is 0.600. The zero-order valence-corrected chi connectivity index (χ0v) is 18.5. The number of carbonyl (C=O) groups excluding carboxylic acids is 2. The van der Waals surface area contributed by atoms with Gasteiger partial charge in [-0.05, 0) is 36.3 Å². The van der Waals surface area contributed by atoms with E-state index in [1.807, 2.05) is 6.92 Å². The maximum Gasteiger partial charge on any atom is 0.316 e. The van der Waals surface area contributed by atoms with E-state index in [1.54, 1.807) is 18.2 Å². The van der Waals surface area contributed by atoms with Crippen molar-refractivity contribution < 1.29 is 28.4 Å². The first kappa shape index (κ1) is 25.1. The number of methoxy groups -OCH3 is 3. The molecule has 0 heterocycles. The average Bonchev–Trinajstić information content (AvgIpc) is 2.64. The summed E-state index contributed by atoms with van der Waals surface area (Å²) in [5, 5.41) is 0. The van der Waals surface area contributed by atoms with E-state index in [2.05, 4.69) is 20.8 Å². The van der Waals surface area contributed by atoms with Crippen LogP contribution in [0.4, 0.5) is 0 Å². The van der Waals surface area contributed by atoms with Crippen molar-refractivity contribution >= 4 is 20.9 Å². The minimum absolute atomic E-state index is 0.116. The fourth-order valence-corrected chi connectivity index (χ4v) is 3.25. The molecule has 3 atom stereocenters. The van der Waals surface area contributed by atoms with E-state index in [0.29, 0.717) is 17.9 Å². The number of rotatable bonds is 8. The van der Waals surface area contributed by atoms with Crippen LogP contribution in [0.5, 0.6) is 11.5 Å². The summed E-state index contributed by atoms with van der Waals surface area (Å²) in [6.07, 6.45) is 1.32. The molecule has 0 radical (unpaired) electrons. The molecular formula is C20H32O6P+. The Labute approximate surface area is 164 Å². The van der Waals surface area contributed by atoms with E-state index in [4.69, 9.17) is 18.8 Å². The van der Waals surface area contributed by atoms with E-state index >= 15 is 0 Å². The van der Waals surface area contributed by atoms with Crippen LogP contribution in [0, 0.1) is 17.3 Å². The number of carbonyl (C=O) groups is 2. The zero-order valence-electron chi connectivity index (χ0n) is 17.3. The maximum atomic E-state index is 13.1. The lowest BCUT2D eigenvalue weighted by Gasteiger charge is -2.25. The summed E-state index contributed by atoms with van der Waals surface area (Å²) in [7, 11) is 5.44. The lowest BCUT2D eigenvalue weighted by molar-refractivity contribution is -0.144. The van der Waals surface area contributed by atoms with Crippen LogP contribution >= 0.6 is 9.12 Å². The number of benzene rings is 1. The molecule has 0 aliphatic heterocycles. The number of hydrogen-bond acceptors (Lipinski definition) is 6. The van der Waals surface area contributed by atoms with Crippen LogP contribution in [0.3, 0.4) is 0 Å². The van der Waals surface area contributed by atoms with Crippen molar-refractivity contribution in [3.05, 3.63) is 23.8 Å². The van der Waals surface area contributed by atoms with Crippen molar-refractivity contribution in [3.8, 4) is 11.5 Å². The molecule has 7 heteroatoms. The molecule has 0 saturated heterocycles. The van der Waals surface area contributed by atoms with Gasteiger partial charge in [-0.15, -0.1) is 0 Å². The predicted molar refractivity (Wildman–Crippen MR) is 108 cm³/mol. The van der Waals surface area contributed by atoms with Crippen LogP contribution in [-0.2, 0) is 14.1 Å². The zero-order chi connectivity index (χ0) is 21.2. The van der Waals surface area contributed by atoms with E-state index < -0.39 is 11.9 Å². The van der Waals surface area contributed by atoms with Crippen LogP contribution in [0.25, 0.3) is 0 Å². The van der Waals surface area contributed by atoms with Crippen LogP contribution in [-0.4, -0.2) is 33.1 Å². The lowest BCUT2D eigenvalue weighted by atomic mass is 9.80. The summed E-state index contributed by atoms with van der Waals surface area (Å²) in [5.41, 5.74) is 0.400. The predicted octanol–water partition coefficient (Wildman–Crippen LogP) is 4.35. The van der Waals surface area contributed by atoms with Crippen LogP contribution < -0.4 is 9.47 Å². The van der Waals surface area contributed by atoms with E-state index in [-0.39, 0.29) is 22.7 Å². The Bertz CT molecular complexity index is 601. The van der Waals surface area contributed by atoms with E-state index in [9.17, 15) is 9.59 Å². The summed E-state index contributed by atoms with van der Waals surface area (Å²) in [6, 6.07) is 5.11. The number of Topliss-reactive ketones (excluding diaryl/α,β-unsaturated/α-hetero) is 1. The Morgan fingerprint density at radius 1 is 1.04 bits per heavy atom. The monoisotopic (exact) mass is 399 g/mol. The molecule has 0 aliphatic carbocycles. The van der Waals surface area contributed by atoms with Gasteiger partial charge < -0.3 is 14.2 Å². The minimum Gasteiger partial charge on any atom is -0.496 e. The third kappa shape index (κ3) is 7.67. The fourth-order valence-electron chi connectivity index (χ4n) is 3.25. The molecule has 0 saturated carbocycles. The highest BCUT2D eigenvalue weighted by atomic mass is 31.0. The molecule has 0 N–H and O–H groups in total. The average molecular weight is 399 g/mol. The van der Waals surface area contributed by atoms with Gasteiger partial charge in [0.25, 0.3) is 0 Å². The smallest absolute Gasteiger partial charge is 0.316 e. The summed E-state index contributed by atoms with van der Waals surface area (Å²) < 4.78 is 23.7. The van der Waals surface area contributed by atoms with Crippen molar-refractivity contribution in [2.24, 2.45) is 17.3 Å². The molecule has 0 aliphatic rings. The van der Waals surface area contributed by atoms with Crippen molar-refractivity contribution in [1.82, 2.24) is 0 Å². The first-order chi connectivity index (χ1) is 12.6. The topological polar surface area (TPSA) is 78.9 Å². The molecule has 1 aromatic carbocycles.